The second kappa shape index (κ2) is 5.10. The van der Waals surface area contributed by atoms with Crippen molar-refractivity contribution < 1.29 is 9.63 Å². The first-order chi connectivity index (χ1) is 6.33. The van der Waals surface area contributed by atoms with E-state index in [0.29, 0.717) is 12.3 Å². The minimum absolute atomic E-state index is 0.408. The van der Waals surface area contributed by atoms with Gasteiger partial charge >= 0.3 is 6.03 Å². The molecule has 13 heavy (non-hydrogen) atoms. The Morgan fingerprint density at radius 2 is 2.54 bits per heavy atom. The van der Waals surface area contributed by atoms with Gasteiger partial charge in [0.2, 0.25) is 0 Å². The Bertz CT molecular complexity index is 263. The summed E-state index contributed by atoms with van der Waals surface area (Å²) in [6.45, 7) is 2.21. The van der Waals surface area contributed by atoms with Crippen molar-refractivity contribution in [1.29, 1.82) is 0 Å². The normalized spacial score (nSPS) is 9.31. The summed E-state index contributed by atoms with van der Waals surface area (Å²) >= 11 is 0. The number of hydroxylamine groups is 1. The molecule has 0 spiro atoms. The number of hydrogen-bond donors (Lipinski definition) is 2. The Labute approximate surface area is 76.1 Å². The summed E-state index contributed by atoms with van der Waals surface area (Å²) in [5.41, 5.74) is 2.83. The molecular weight excluding hydrogens is 170 g/mol. The lowest BCUT2D eigenvalue weighted by Crippen LogP contribution is -2.28. The Kier molecular flexibility index (Phi) is 3.72. The van der Waals surface area contributed by atoms with Crippen LogP contribution in [0.15, 0.2) is 24.5 Å². The SMILES string of the molecule is CCONC(=O)Nc1cccnc1. The van der Waals surface area contributed by atoms with Crippen LogP contribution in [0.25, 0.3) is 0 Å². The van der Waals surface area contributed by atoms with Crippen LogP contribution in [0.3, 0.4) is 0 Å². The number of aromatic nitrogens is 1. The van der Waals surface area contributed by atoms with Gasteiger partial charge in [0.25, 0.3) is 0 Å². The molecule has 2 amide bonds. The standard InChI is InChI=1S/C8H11N3O2/c1-2-13-11-8(12)10-7-4-3-5-9-6-7/h3-6H,2H2,1H3,(H2,10,11,12). The van der Waals surface area contributed by atoms with Gasteiger partial charge in [-0.1, -0.05) is 0 Å². The Morgan fingerprint density at radius 3 is 3.15 bits per heavy atom. The van der Waals surface area contributed by atoms with Crippen molar-refractivity contribution in [2.24, 2.45) is 0 Å². The topological polar surface area (TPSA) is 63.2 Å². The summed E-state index contributed by atoms with van der Waals surface area (Å²) in [6, 6.07) is 3.06. The second-order valence-electron chi connectivity index (χ2n) is 2.23. The third-order valence-corrected chi connectivity index (χ3v) is 1.23. The van der Waals surface area contributed by atoms with Crippen molar-refractivity contribution in [2.75, 3.05) is 11.9 Å². The highest BCUT2D eigenvalue weighted by molar-refractivity contribution is 5.88. The molecule has 0 aliphatic carbocycles. The molecular formula is C8H11N3O2. The summed E-state index contributed by atoms with van der Waals surface area (Å²) in [4.78, 5) is 19.5. The molecule has 0 bridgehead atoms. The Morgan fingerprint density at radius 1 is 1.69 bits per heavy atom. The first-order valence-electron chi connectivity index (χ1n) is 3.91. The highest BCUT2D eigenvalue weighted by Gasteiger charge is 1.98. The van der Waals surface area contributed by atoms with E-state index < -0.39 is 6.03 Å². The molecule has 0 atom stereocenters. The molecule has 5 heteroatoms. The predicted octanol–water partition coefficient (Wildman–Crippen LogP) is 1.15. The van der Waals surface area contributed by atoms with Crippen molar-refractivity contribution >= 4 is 11.7 Å². The highest BCUT2D eigenvalue weighted by atomic mass is 16.7. The van der Waals surface area contributed by atoms with Crippen molar-refractivity contribution in [3.05, 3.63) is 24.5 Å². The quantitative estimate of drug-likeness (QED) is 0.687. The Balaban J connectivity index is 2.37. The van der Waals surface area contributed by atoms with Crippen LogP contribution in [0.4, 0.5) is 10.5 Å². The summed E-state index contributed by atoms with van der Waals surface area (Å²) in [7, 11) is 0. The lowest BCUT2D eigenvalue weighted by atomic mass is 10.4. The molecule has 0 saturated heterocycles. The van der Waals surface area contributed by atoms with Crippen molar-refractivity contribution in [3.8, 4) is 0 Å². The van der Waals surface area contributed by atoms with Crippen LogP contribution >= 0.6 is 0 Å². The first kappa shape index (κ1) is 9.47. The zero-order chi connectivity index (χ0) is 9.52. The van der Waals surface area contributed by atoms with E-state index in [1.807, 2.05) is 0 Å². The fraction of sp³-hybridized carbons (Fsp3) is 0.250. The minimum atomic E-state index is -0.408. The molecule has 0 aliphatic heterocycles. The number of hydrogen-bond acceptors (Lipinski definition) is 3. The predicted molar refractivity (Wildman–Crippen MR) is 48.0 cm³/mol. The molecule has 1 aromatic rings. The third kappa shape index (κ3) is 3.53. The number of carbonyl (C=O) groups is 1. The molecule has 5 nitrogen and oxygen atoms in total. The molecule has 0 saturated carbocycles. The number of pyridine rings is 1. The van der Waals surface area contributed by atoms with E-state index in [1.165, 1.54) is 0 Å². The average molecular weight is 181 g/mol. The average Bonchev–Trinajstić information content (AvgIpc) is 2.16. The maximum absolute atomic E-state index is 11.0. The fourth-order valence-electron chi connectivity index (χ4n) is 0.731. The van der Waals surface area contributed by atoms with Crippen LogP contribution < -0.4 is 10.8 Å². The van der Waals surface area contributed by atoms with Crippen LogP contribution in [-0.2, 0) is 4.84 Å². The van der Waals surface area contributed by atoms with Gasteiger partial charge in [0, 0.05) is 6.20 Å². The molecule has 0 aromatic carbocycles. The lowest BCUT2D eigenvalue weighted by molar-refractivity contribution is 0.0758. The number of urea groups is 1. The van der Waals surface area contributed by atoms with Crippen LogP contribution in [0.5, 0.6) is 0 Å². The summed E-state index contributed by atoms with van der Waals surface area (Å²) < 4.78 is 0. The fourth-order valence-corrected chi connectivity index (χ4v) is 0.731. The number of nitrogens with zero attached hydrogens (tertiary/aromatic N) is 1. The van der Waals surface area contributed by atoms with Gasteiger partial charge in [-0.25, -0.2) is 10.3 Å². The van der Waals surface area contributed by atoms with Crippen LogP contribution in [0, 0.1) is 0 Å². The van der Waals surface area contributed by atoms with E-state index in [0.717, 1.165) is 0 Å². The molecule has 0 aliphatic rings. The largest absolute Gasteiger partial charge is 0.343 e. The van der Waals surface area contributed by atoms with Gasteiger partial charge in [0.15, 0.2) is 0 Å². The number of amides is 2. The van der Waals surface area contributed by atoms with Crippen molar-refractivity contribution in [1.82, 2.24) is 10.5 Å². The molecule has 0 fully saturated rings. The number of rotatable bonds is 3. The van der Waals surface area contributed by atoms with Crippen LogP contribution in [0.2, 0.25) is 0 Å². The van der Waals surface area contributed by atoms with Gasteiger partial charge in [-0.15, -0.1) is 0 Å². The van der Waals surface area contributed by atoms with E-state index in [9.17, 15) is 4.79 Å². The van der Waals surface area contributed by atoms with Gasteiger partial charge in [0.1, 0.15) is 0 Å². The highest BCUT2D eigenvalue weighted by Crippen LogP contribution is 2.01. The molecule has 1 rings (SSSR count). The van der Waals surface area contributed by atoms with Crippen LogP contribution in [-0.4, -0.2) is 17.6 Å². The van der Waals surface area contributed by atoms with E-state index >= 15 is 0 Å². The zero-order valence-corrected chi connectivity index (χ0v) is 7.28. The van der Waals surface area contributed by atoms with E-state index in [4.69, 9.17) is 0 Å². The van der Waals surface area contributed by atoms with E-state index in [-0.39, 0.29) is 0 Å². The minimum Gasteiger partial charge on any atom is -0.305 e. The monoisotopic (exact) mass is 181 g/mol. The second-order valence-corrected chi connectivity index (χ2v) is 2.23. The first-order valence-corrected chi connectivity index (χ1v) is 3.91. The summed E-state index contributed by atoms with van der Waals surface area (Å²) in [5, 5.41) is 2.54. The van der Waals surface area contributed by atoms with Gasteiger partial charge in [0.05, 0.1) is 18.5 Å². The van der Waals surface area contributed by atoms with Gasteiger partial charge in [-0.05, 0) is 19.1 Å². The Hall–Kier alpha value is -1.62. The van der Waals surface area contributed by atoms with E-state index in [1.54, 1.807) is 31.5 Å². The van der Waals surface area contributed by atoms with E-state index in [2.05, 4.69) is 20.6 Å². The molecule has 0 unspecified atom stereocenters. The molecule has 2 N–H and O–H groups in total. The molecule has 1 heterocycles. The smallest absolute Gasteiger partial charge is 0.305 e. The zero-order valence-electron chi connectivity index (χ0n) is 7.28. The summed E-state index contributed by atoms with van der Waals surface area (Å²) in [5.74, 6) is 0. The maximum atomic E-state index is 11.0. The number of anilines is 1. The third-order valence-electron chi connectivity index (χ3n) is 1.23. The number of nitrogens with one attached hydrogen (secondary N) is 2. The van der Waals surface area contributed by atoms with Crippen molar-refractivity contribution in [2.45, 2.75) is 6.92 Å². The molecule has 0 radical (unpaired) electrons. The molecule has 1 aromatic heterocycles. The molecule has 70 valence electrons. The van der Waals surface area contributed by atoms with Crippen molar-refractivity contribution in [3.63, 3.8) is 0 Å². The van der Waals surface area contributed by atoms with Gasteiger partial charge < -0.3 is 5.32 Å². The lowest BCUT2D eigenvalue weighted by Gasteiger charge is -2.05. The van der Waals surface area contributed by atoms with Crippen LogP contribution in [0.1, 0.15) is 6.92 Å². The maximum Gasteiger partial charge on any atom is 0.343 e. The number of carbonyl (C=O) groups excluding carboxylic acids is 1. The van der Waals surface area contributed by atoms with Gasteiger partial charge in [-0.2, -0.15) is 0 Å². The van der Waals surface area contributed by atoms with Gasteiger partial charge in [-0.3, -0.25) is 9.82 Å². The summed E-state index contributed by atoms with van der Waals surface area (Å²) in [6.07, 6.45) is 3.18.